The lowest BCUT2D eigenvalue weighted by molar-refractivity contribution is -0.115. The predicted molar refractivity (Wildman–Crippen MR) is 116 cm³/mol. The van der Waals surface area contributed by atoms with Crippen molar-refractivity contribution in [1.82, 2.24) is 10.3 Å². The number of anilines is 3. The molecule has 3 N–H and O–H groups in total. The number of urea groups is 1. The standard InChI is InChI=1S/C21H18FN5O3S/c22-14-4-2-6-16(10-14)25-19(29)13-3-1-5-15(9-13)24-18(28)11-17-12-31-21(26-17)27-8-7-23-20(27)30/h1-6,9-10,12H,7-8,11H2,(H,23,30)(H,24,28)(H,25,29). The van der Waals surface area contributed by atoms with E-state index in [1.165, 1.54) is 40.5 Å². The molecule has 4 rings (SSSR count). The van der Waals surface area contributed by atoms with Crippen LogP contribution in [0, 0.1) is 5.82 Å². The van der Waals surface area contributed by atoms with Gasteiger partial charge in [-0.1, -0.05) is 12.1 Å². The number of amides is 4. The third kappa shape index (κ3) is 5.04. The second-order valence-electron chi connectivity index (χ2n) is 6.78. The number of halogens is 1. The van der Waals surface area contributed by atoms with Gasteiger partial charge in [0, 0.05) is 35.4 Å². The minimum atomic E-state index is -0.450. The number of nitrogens with one attached hydrogen (secondary N) is 3. The Morgan fingerprint density at radius 1 is 1.13 bits per heavy atom. The van der Waals surface area contributed by atoms with Crippen LogP contribution in [0.15, 0.2) is 53.9 Å². The molecule has 1 saturated heterocycles. The van der Waals surface area contributed by atoms with E-state index in [-0.39, 0.29) is 18.4 Å². The molecule has 4 amide bonds. The van der Waals surface area contributed by atoms with Gasteiger partial charge in [-0.15, -0.1) is 11.3 Å². The normalized spacial score (nSPS) is 13.1. The van der Waals surface area contributed by atoms with Crippen LogP contribution in [-0.2, 0) is 11.2 Å². The summed E-state index contributed by atoms with van der Waals surface area (Å²) in [7, 11) is 0. The van der Waals surface area contributed by atoms with E-state index in [9.17, 15) is 18.8 Å². The fourth-order valence-electron chi connectivity index (χ4n) is 3.03. The monoisotopic (exact) mass is 439 g/mol. The van der Waals surface area contributed by atoms with Crippen LogP contribution in [0.2, 0.25) is 0 Å². The molecule has 10 heteroatoms. The number of hydrogen-bond donors (Lipinski definition) is 3. The van der Waals surface area contributed by atoms with Gasteiger partial charge in [0.15, 0.2) is 5.13 Å². The largest absolute Gasteiger partial charge is 0.336 e. The first-order valence-electron chi connectivity index (χ1n) is 9.44. The number of carbonyl (C=O) groups is 3. The van der Waals surface area contributed by atoms with Crippen molar-refractivity contribution in [2.24, 2.45) is 0 Å². The summed E-state index contributed by atoms with van der Waals surface area (Å²) in [6.45, 7) is 1.11. The molecule has 0 unspecified atom stereocenters. The quantitative estimate of drug-likeness (QED) is 0.549. The van der Waals surface area contributed by atoms with Crippen LogP contribution >= 0.6 is 11.3 Å². The molecule has 3 aromatic rings. The van der Waals surface area contributed by atoms with Gasteiger partial charge in [-0.2, -0.15) is 0 Å². The molecular formula is C21H18FN5O3S. The van der Waals surface area contributed by atoms with E-state index >= 15 is 0 Å². The second kappa shape index (κ2) is 8.92. The molecule has 0 spiro atoms. The summed E-state index contributed by atoms with van der Waals surface area (Å²) in [6, 6.07) is 11.8. The Bertz CT molecular complexity index is 1150. The van der Waals surface area contributed by atoms with Crippen molar-refractivity contribution in [1.29, 1.82) is 0 Å². The molecule has 31 heavy (non-hydrogen) atoms. The molecule has 2 heterocycles. The van der Waals surface area contributed by atoms with E-state index in [1.54, 1.807) is 29.6 Å². The van der Waals surface area contributed by atoms with Crippen LogP contribution in [0.4, 0.5) is 25.7 Å². The van der Waals surface area contributed by atoms with E-state index in [4.69, 9.17) is 0 Å². The van der Waals surface area contributed by atoms with E-state index in [2.05, 4.69) is 20.9 Å². The van der Waals surface area contributed by atoms with Crippen molar-refractivity contribution in [3.8, 4) is 0 Å². The Morgan fingerprint density at radius 3 is 2.65 bits per heavy atom. The molecule has 1 aromatic heterocycles. The van der Waals surface area contributed by atoms with Gasteiger partial charge in [-0.05, 0) is 36.4 Å². The zero-order chi connectivity index (χ0) is 21.8. The number of aromatic nitrogens is 1. The van der Waals surface area contributed by atoms with Gasteiger partial charge in [-0.3, -0.25) is 14.5 Å². The SMILES string of the molecule is O=C(Cc1csc(N2CCNC2=O)n1)Nc1cccc(C(=O)Nc2cccc(F)c2)c1. The topological polar surface area (TPSA) is 103 Å². The van der Waals surface area contributed by atoms with E-state index in [0.29, 0.717) is 40.9 Å². The molecule has 0 aliphatic carbocycles. The van der Waals surface area contributed by atoms with Crippen LogP contribution in [0.5, 0.6) is 0 Å². The lowest BCUT2D eigenvalue weighted by Gasteiger charge is -2.09. The summed E-state index contributed by atoms with van der Waals surface area (Å²) in [5.74, 6) is -1.17. The molecule has 0 bridgehead atoms. The zero-order valence-corrected chi connectivity index (χ0v) is 17.0. The van der Waals surface area contributed by atoms with Crippen LogP contribution in [0.1, 0.15) is 16.1 Å². The summed E-state index contributed by atoms with van der Waals surface area (Å²) in [5.41, 5.74) is 1.66. The average molecular weight is 439 g/mol. The molecule has 0 radical (unpaired) electrons. The average Bonchev–Trinajstić information content (AvgIpc) is 3.36. The number of rotatable bonds is 6. The Morgan fingerprint density at radius 2 is 1.90 bits per heavy atom. The van der Waals surface area contributed by atoms with Gasteiger partial charge < -0.3 is 16.0 Å². The van der Waals surface area contributed by atoms with E-state index in [1.807, 2.05) is 0 Å². The molecule has 1 aliphatic heterocycles. The Hall–Kier alpha value is -3.79. The zero-order valence-electron chi connectivity index (χ0n) is 16.2. The molecule has 0 atom stereocenters. The molecule has 158 valence electrons. The molecule has 8 nitrogen and oxygen atoms in total. The highest BCUT2D eigenvalue weighted by atomic mass is 32.1. The van der Waals surface area contributed by atoms with Gasteiger partial charge in [0.2, 0.25) is 5.91 Å². The maximum absolute atomic E-state index is 13.3. The van der Waals surface area contributed by atoms with Crippen LogP contribution in [0.25, 0.3) is 0 Å². The second-order valence-corrected chi connectivity index (χ2v) is 7.61. The highest BCUT2D eigenvalue weighted by Gasteiger charge is 2.24. The number of hydrogen-bond acceptors (Lipinski definition) is 5. The van der Waals surface area contributed by atoms with Crippen LogP contribution in [-0.4, -0.2) is 35.9 Å². The Labute approximate surface area is 181 Å². The summed E-state index contributed by atoms with van der Waals surface area (Å²) < 4.78 is 13.3. The van der Waals surface area contributed by atoms with Crippen molar-refractivity contribution in [3.05, 3.63) is 71.0 Å². The smallest absolute Gasteiger partial charge is 0.323 e. The first kappa shape index (κ1) is 20.5. The van der Waals surface area contributed by atoms with Crippen molar-refractivity contribution in [2.45, 2.75) is 6.42 Å². The van der Waals surface area contributed by atoms with Gasteiger partial charge in [0.25, 0.3) is 5.91 Å². The third-order valence-corrected chi connectivity index (χ3v) is 5.37. The number of benzene rings is 2. The minimum absolute atomic E-state index is 0.0334. The highest BCUT2D eigenvalue weighted by molar-refractivity contribution is 7.14. The third-order valence-electron chi connectivity index (χ3n) is 4.46. The maximum Gasteiger partial charge on any atom is 0.323 e. The maximum atomic E-state index is 13.3. The number of carbonyl (C=O) groups excluding carboxylic acids is 3. The van der Waals surface area contributed by atoms with Crippen molar-refractivity contribution in [2.75, 3.05) is 28.6 Å². The van der Waals surface area contributed by atoms with Crippen molar-refractivity contribution >= 4 is 45.7 Å². The summed E-state index contributed by atoms with van der Waals surface area (Å²) in [5, 5.41) is 10.3. The van der Waals surface area contributed by atoms with Crippen molar-refractivity contribution < 1.29 is 18.8 Å². The van der Waals surface area contributed by atoms with Gasteiger partial charge in [0.1, 0.15) is 5.82 Å². The lowest BCUT2D eigenvalue weighted by atomic mass is 10.1. The van der Waals surface area contributed by atoms with Crippen LogP contribution in [0.3, 0.4) is 0 Å². The predicted octanol–water partition coefficient (Wildman–Crippen LogP) is 3.25. The number of nitrogens with zero attached hydrogens (tertiary/aromatic N) is 2. The molecule has 0 saturated carbocycles. The number of thiazole rings is 1. The summed E-state index contributed by atoms with van der Waals surface area (Å²) in [6.07, 6.45) is 0.0334. The fraction of sp³-hybridized carbons (Fsp3) is 0.143. The highest BCUT2D eigenvalue weighted by Crippen LogP contribution is 2.22. The van der Waals surface area contributed by atoms with Gasteiger partial charge >= 0.3 is 6.03 Å². The van der Waals surface area contributed by atoms with Crippen LogP contribution < -0.4 is 20.9 Å². The molecule has 1 aliphatic rings. The van der Waals surface area contributed by atoms with Gasteiger partial charge in [-0.25, -0.2) is 14.2 Å². The minimum Gasteiger partial charge on any atom is -0.336 e. The van der Waals surface area contributed by atoms with E-state index in [0.717, 1.165) is 0 Å². The lowest BCUT2D eigenvalue weighted by Crippen LogP contribution is -2.27. The summed E-state index contributed by atoms with van der Waals surface area (Å²) >= 11 is 1.30. The van der Waals surface area contributed by atoms with Gasteiger partial charge in [0.05, 0.1) is 12.1 Å². The Balaban J connectivity index is 1.37. The molecular weight excluding hydrogens is 421 g/mol. The first-order valence-corrected chi connectivity index (χ1v) is 10.3. The molecule has 2 aromatic carbocycles. The Kier molecular flexibility index (Phi) is 5.89. The summed E-state index contributed by atoms with van der Waals surface area (Å²) in [4.78, 5) is 42.4. The fourth-order valence-corrected chi connectivity index (χ4v) is 3.88. The first-order chi connectivity index (χ1) is 15.0. The van der Waals surface area contributed by atoms with E-state index < -0.39 is 11.7 Å². The molecule has 1 fully saturated rings. The van der Waals surface area contributed by atoms with Crippen molar-refractivity contribution in [3.63, 3.8) is 0 Å².